The van der Waals surface area contributed by atoms with Gasteiger partial charge in [-0.15, -0.1) is 11.8 Å². The van der Waals surface area contributed by atoms with E-state index in [1.165, 1.54) is 0 Å². The minimum atomic E-state index is 0.0637. The summed E-state index contributed by atoms with van der Waals surface area (Å²) in [5.74, 6) is 0. The van der Waals surface area contributed by atoms with E-state index in [9.17, 15) is 0 Å². The quantitative estimate of drug-likeness (QED) is 0.195. The number of hydrogen-bond donors (Lipinski definition) is 0. The molecule has 2 aliphatic rings. The second-order valence-corrected chi connectivity index (χ2v) is 10.8. The van der Waals surface area contributed by atoms with Crippen LogP contribution in [0.4, 0.5) is 0 Å². The first kappa shape index (κ1) is 19.6. The highest BCUT2D eigenvalue weighted by atomic mass is 127. The Labute approximate surface area is 172 Å². The van der Waals surface area contributed by atoms with Gasteiger partial charge in [0.1, 0.15) is 0 Å². The normalized spacial score (nSPS) is 36.5. The molecule has 0 aromatic carbocycles. The van der Waals surface area contributed by atoms with Gasteiger partial charge in [0.15, 0.2) is 0 Å². The average Bonchev–Trinajstić information content (AvgIpc) is 2.55. The molecule has 0 saturated carbocycles. The van der Waals surface area contributed by atoms with Crippen LogP contribution in [0.15, 0.2) is 72.9 Å². The van der Waals surface area contributed by atoms with E-state index in [0.29, 0.717) is 10.5 Å². The molecule has 0 saturated heterocycles. The van der Waals surface area contributed by atoms with Gasteiger partial charge in [-0.2, -0.15) is 0 Å². The van der Waals surface area contributed by atoms with E-state index >= 15 is 0 Å². The Morgan fingerprint density at radius 3 is 1.65 bits per heavy atom. The Hall–Kier alpha value is 0.250. The number of hydrogen-bond acceptors (Lipinski definition) is 1. The van der Waals surface area contributed by atoms with E-state index in [1.807, 2.05) is 0 Å². The Morgan fingerprint density at radius 2 is 1.26 bits per heavy atom. The first-order valence-corrected chi connectivity index (χ1v) is 11.2. The first-order valence-electron chi connectivity index (χ1n) is 8.15. The molecule has 124 valence electrons. The highest BCUT2D eigenvalue weighted by Gasteiger charge is 2.38. The third kappa shape index (κ3) is 5.11. The van der Waals surface area contributed by atoms with Gasteiger partial charge in [-0.3, -0.25) is 0 Å². The van der Waals surface area contributed by atoms with Gasteiger partial charge in [0.05, 0.1) is 6.84 Å². The van der Waals surface area contributed by atoms with Gasteiger partial charge < -0.3 is 0 Å². The predicted octanol–water partition coefficient (Wildman–Crippen LogP) is 6.99. The van der Waals surface area contributed by atoms with E-state index in [4.69, 9.17) is 0 Å². The molecule has 0 fully saturated rings. The highest BCUT2D eigenvalue weighted by Crippen LogP contribution is 2.46. The molecule has 0 N–H and O–H groups in total. The first-order chi connectivity index (χ1) is 11.0. The van der Waals surface area contributed by atoms with Crippen LogP contribution in [-0.4, -0.2) is 17.3 Å². The van der Waals surface area contributed by atoms with Crippen molar-refractivity contribution in [3.05, 3.63) is 72.9 Å². The Balaban J connectivity index is 2.21. The Morgan fingerprint density at radius 1 is 0.826 bits per heavy atom. The average molecular weight is 550 g/mol. The number of halogens is 2. The summed E-state index contributed by atoms with van der Waals surface area (Å²) in [5.41, 5.74) is 0. The molecule has 0 radical (unpaired) electrons. The zero-order chi connectivity index (χ0) is 16.8. The summed E-state index contributed by atoms with van der Waals surface area (Å²) in [7, 11) is 0. The maximum absolute atomic E-state index is 2.60. The summed E-state index contributed by atoms with van der Waals surface area (Å²) in [6.07, 6.45) is 29.6. The van der Waals surface area contributed by atoms with Gasteiger partial charge in [0.2, 0.25) is 0 Å². The van der Waals surface area contributed by atoms with Crippen molar-refractivity contribution in [3.8, 4) is 0 Å². The monoisotopic (exact) mass is 550 g/mol. The van der Waals surface area contributed by atoms with Crippen molar-refractivity contribution in [2.75, 3.05) is 0 Å². The summed E-state index contributed by atoms with van der Waals surface area (Å²) >= 11 is 7.27. The van der Waals surface area contributed by atoms with Crippen molar-refractivity contribution in [1.29, 1.82) is 0 Å². The zero-order valence-corrected chi connectivity index (χ0v) is 18.8. The summed E-state index contributed by atoms with van der Waals surface area (Å²) in [5, 5.41) is 0.891. The van der Waals surface area contributed by atoms with Gasteiger partial charge in [0.25, 0.3) is 0 Å². The minimum Gasteiger partial charge on any atom is -0.143 e. The van der Waals surface area contributed by atoms with Crippen LogP contribution < -0.4 is 0 Å². The van der Waals surface area contributed by atoms with Crippen LogP contribution in [0.1, 0.15) is 26.7 Å². The SMILES string of the molecule is CCC=CC1(I)C=CC=CC1SC1C=CC=CC1(I)C=CCC. The lowest BCUT2D eigenvalue weighted by Crippen LogP contribution is -2.37. The van der Waals surface area contributed by atoms with Crippen molar-refractivity contribution < 1.29 is 0 Å². The molecule has 0 nitrogen and oxygen atoms in total. The second-order valence-electron chi connectivity index (χ2n) is 5.74. The third-order valence-electron chi connectivity index (χ3n) is 3.88. The van der Waals surface area contributed by atoms with E-state index in [2.05, 4.69) is 144 Å². The van der Waals surface area contributed by atoms with E-state index in [-0.39, 0.29) is 6.84 Å². The number of rotatable bonds is 6. The van der Waals surface area contributed by atoms with Crippen molar-refractivity contribution in [3.63, 3.8) is 0 Å². The van der Waals surface area contributed by atoms with E-state index in [1.54, 1.807) is 0 Å². The lowest BCUT2D eigenvalue weighted by Gasteiger charge is -2.37. The van der Waals surface area contributed by atoms with E-state index < -0.39 is 0 Å². The third-order valence-corrected chi connectivity index (χ3v) is 9.19. The molecular weight excluding hydrogens is 526 g/mol. The predicted molar refractivity (Wildman–Crippen MR) is 124 cm³/mol. The van der Waals surface area contributed by atoms with Crippen LogP contribution in [-0.2, 0) is 0 Å². The molecule has 0 aliphatic heterocycles. The molecule has 4 unspecified atom stereocenters. The smallest absolute Gasteiger partial charge is 0.0737 e. The second kappa shape index (κ2) is 9.09. The number of thioether (sulfide) groups is 1. The zero-order valence-electron chi connectivity index (χ0n) is 13.7. The molecule has 2 rings (SSSR count). The van der Waals surface area contributed by atoms with Crippen molar-refractivity contribution in [2.24, 2.45) is 0 Å². The molecule has 0 spiro atoms. The lowest BCUT2D eigenvalue weighted by molar-refractivity contribution is 0.891. The van der Waals surface area contributed by atoms with E-state index in [0.717, 1.165) is 12.8 Å². The standard InChI is InChI=1S/C20H24I2S/c1-3-5-13-19(21)15-9-7-11-17(19)23-18-12-8-10-16-20(18,22)14-6-4-2/h5-18H,3-4H2,1-2H3. The highest BCUT2D eigenvalue weighted by molar-refractivity contribution is 14.1. The number of alkyl halides is 2. The van der Waals surface area contributed by atoms with Crippen LogP contribution in [0.25, 0.3) is 0 Å². The molecule has 0 aromatic heterocycles. The Bertz CT molecular complexity index is 520. The summed E-state index contributed by atoms with van der Waals surface area (Å²) in [6.45, 7) is 4.39. The molecule has 23 heavy (non-hydrogen) atoms. The largest absolute Gasteiger partial charge is 0.143 e. The fourth-order valence-electron chi connectivity index (χ4n) is 2.58. The van der Waals surface area contributed by atoms with Crippen LogP contribution in [0.3, 0.4) is 0 Å². The molecule has 4 atom stereocenters. The molecule has 3 heteroatoms. The van der Waals surface area contributed by atoms with Crippen LogP contribution in [0.2, 0.25) is 0 Å². The molecular formula is C20H24I2S. The fourth-order valence-corrected chi connectivity index (χ4v) is 6.21. The minimum absolute atomic E-state index is 0.0637. The summed E-state index contributed by atoms with van der Waals surface area (Å²) in [6, 6.07) is 0. The van der Waals surface area contributed by atoms with Crippen LogP contribution in [0, 0.1) is 0 Å². The van der Waals surface area contributed by atoms with Crippen molar-refractivity contribution >= 4 is 56.9 Å². The maximum atomic E-state index is 2.60. The van der Waals surface area contributed by atoms with Gasteiger partial charge in [0, 0.05) is 10.5 Å². The lowest BCUT2D eigenvalue weighted by atomic mass is 9.98. The van der Waals surface area contributed by atoms with Crippen LogP contribution >= 0.6 is 56.9 Å². The molecule has 0 aromatic rings. The molecule has 0 heterocycles. The molecule has 0 amide bonds. The maximum Gasteiger partial charge on any atom is 0.0737 e. The van der Waals surface area contributed by atoms with Gasteiger partial charge in [-0.25, -0.2) is 0 Å². The van der Waals surface area contributed by atoms with Crippen LogP contribution in [0.5, 0.6) is 0 Å². The summed E-state index contributed by atoms with van der Waals surface area (Å²) in [4.78, 5) is 0. The fraction of sp³-hybridized carbons (Fsp3) is 0.400. The topological polar surface area (TPSA) is 0 Å². The van der Waals surface area contributed by atoms with Crippen molar-refractivity contribution in [1.82, 2.24) is 0 Å². The van der Waals surface area contributed by atoms with Gasteiger partial charge >= 0.3 is 0 Å². The van der Waals surface area contributed by atoms with Crippen molar-refractivity contribution in [2.45, 2.75) is 44.0 Å². The number of allylic oxidation sites excluding steroid dienone is 10. The summed E-state index contributed by atoms with van der Waals surface area (Å²) < 4.78 is 0.127. The Kier molecular flexibility index (Phi) is 7.73. The molecule has 0 bridgehead atoms. The van der Waals surface area contributed by atoms with Gasteiger partial charge in [-0.05, 0) is 12.8 Å². The molecule has 2 aliphatic carbocycles. The van der Waals surface area contributed by atoms with Gasteiger partial charge in [-0.1, -0.05) is 132 Å².